The number of nitrogens with one attached hydrogen (secondary N) is 2. The molecule has 0 bridgehead atoms. The lowest BCUT2D eigenvalue weighted by molar-refractivity contribution is -0.0504. The smallest absolute Gasteiger partial charge is 0.387 e. The molecule has 1 aliphatic rings. The zero-order valence-corrected chi connectivity index (χ0v) is 20.4. The fourth-order valence-electron chi connectivity index (χ4n) is 3.03. The van der Waals surface area contributed by atoms with Gasteiger partial charge in [0.25, 0.3) is 0 Å². The van der Waals surface area contributed by atoms with Crippen LogP contribution in [0.3, 0.4) is 0 Å². The van der Waals surface area contributed by atoms with Crippen molar-refractivity contribution in [2.75, 3.05) is 39.5 Å². The van der Waals surface area contributed by atoms with Gasteiger partial charge in [0, 0.05) is 31.7 Å². The van der Waals surface area contributed by atoms with Crippen LogP contribution in [0.1, 0.15) is 18.9 Å². The van der Waals surface area contributed by atoms with Crippen molar-refractivity contribution in [2.24, 2.45) is 10.9 Å². The van der Waals surface area contributed by atoms with Gasteiger partial charge >= 0.3 is 6.61 Å². The molecule has 1 aromatic rings. The average Bonchev–Trinajstić information content (AvgIpc) is 3.14. The fourth-order valence-corrected chi connectivity index (χ4v) is 3.95. The number of sulfonamides is 1. The van der Waals surface area contributed by atoms with E-state index < -0.39 is 16.6 Å². The summed E-state index contributed by atoms with van der Waals surface area (Å²) in [6.07, 6.45) is 1.98. The van der Waals surface area contributed by atoms with Crippen molar-refractivity contribution in [1.82, 2.24) is 14.9 Å². The maximum atomic E-state index is 12.7. The van der Waals surface area contributed by atoms with Crippen LogP contribution in [0.5, 0.6) is 11.5 Å². The van der Waals surface area contributed by atoms with Crippen molar-refractivity contribution in [2.45, 2.75) is 26.5 Å². The molecule has 2 rings (SSSR count). The predicted molar refractivity (Wildman–Crippen MR) is 122 cm³/mol. The van der Waals surface area contributed by atoms with E-state index >= 15 is 0 Å². The van der Waals surface area contributed by atoms with Crippen molar-refractivity contribution in [3.8, 4) is 11.5 Å². The largest absolute Gasteiger partial charge is 0.497 e. The highest BCUT2D eigenvalue weighted by molar-refractivity contribution is 14.0. The lowest BCUT2D eigenvalue weighted by atomic mass is 10.1. The number of benzene rings is 1. The molecule has 0 aliphatic carbocycles. The Kier molecular flexibility index (Phi) is 11.0. The normalized spacial score (nSPS) is 17.5. The van der Waals surface area contributed by atoms with E-state index in [4.69, 9.17) is 4.74 Å². The Balaban J connectivity index is 0.00000450. The van der Waals surface area contributed by atoms with Crippen LogP contribution in [0, 0.1) is 5.92 Å². The number of aliphatic imine (C=N–C) groups is 1. The lowest BCUT2D eigenvalue weighted by Crippen LogP contribution is -2.40. The predicted octanol–water partition coefficient (Wildman–Crippen LogP) is 2.25. The Morgan fingerprint density at radius 3 is 2.67 bits per heavy atom. The minimum Gasteiger partial charge on any atom is -0.497 e. The van der Waals surface area contributed by atoms with Gasteiger partial charge in [0.1, 0.15) is 11.5 Å². The van der Waals surface area contributed by atoms with Crippen LogP contribution in [0.15, 0.2) is 23.2 Å². The number of rotatable bonds is 9. The van der Waals surface area contributed by atoms with Crippen LogP contribution in [-0.2, 0) is 16.6 Å². The maximum Gasteiger partial charge on any atom is 0.387 e. The molecule has 1 aliphatic heterocycles. The highest BCUT2D eigenvalue weighted by Crippen LogP contribution is 2.26. The minimum atomic E-state index is -3.18. The van der Waals surface area contributed by atoms with Crippen LogP contribution < -0.4 is 20.1 Å². The zero-order chi connectivity index (χ0) is 21.4. The first-order valence-electron chi connectivity index (χ1n) is 9.32. The Labute approximate surface area is 193 Å². The second-order valence-corrected chi connectivity index (χ2v) is 8.69. The summed E-state index contributed by atoms with van der Waals surface area (Å²) in [4.78, 5) is 4.44. The van der Waals surface area contributed by atoms with Crippen molar-refractivity contribution < 1.29 is 26.7 Å². The van der Waals surface area contributed by atoms with E-state index in [9.17, 15) is 17.2 Å². The first-order chi connectivity index (χ1) is 13.7. The molecule has 8 nitrogen and oxygen atoms in total. The van der Waals surface area contributed by atoms with Gasteiger partial charge in [-0.1, -0.05) is 0 Å². The van der Waals surface area contributed by atoms with Crippen LogP contribution >= 0.6 is 24.0 Å². The highest BCUT2D eigenvalue weighted by Gasteiger charge is 2.28. The van der Waals surface area contributed by atoms with E-state index in [1.54, 1.807) is 12.1 Å². The molecule has 0 aromatic heterocycles. The van der Waals surface area contributed by atoms with Crippen molar-refractivity contribution in [3.05, 3.63) is 23.8 Å². The number of alkyl halides is 2. The molecule has 0 spiro atoms. The van der Waals surface area contributed by atoms with Gasteiger partial charge in [-0.05, 0) is 37.5 Å². The standard InChI is InChI=1S/C18H28F2N4O4S.HI/c1-4-21-18(22-10-13-7-8-24(12-13)29(3,25)26)23-11-14-9-15(27-2)5-6-16(14)28-17(19)20;/h5-6,9,13,17H,4,7-8,10-12H2,1-3H3,(H2,21,22,23);1H. The van der Waals surface area contributed by atoms with Gasteiger partial charge in [-0.25, -0.2) is 17.7 Å². The summed E-state index contributed by atoms with van der Waals surface area (Å²) in [7, 11) is -1.69. The molecule has 2 N–H and O–H groups in total. The number of hydrogen-bond donors (Lipinski definition) is 2. The highest BCUT2D eigenvalue weighted by atomic mass is 127. The summed E-state index contributed by atoms with van der Waals surface area (Å²) in [5.74, 6) is 1.24. The van der Waals surface area contributed by atoms with E-state index in [-0.39, 0.29) is 42.2 Å². The molecule has 0 radical (unpaired) electrons. The molecule has 12 heteroatoms. The summed E-state index contributed by atoms with van der Waals surface area (Å²) < 4.78 is 59.7. The number of guanidine groups is 1. The van der Waals surface area contributed by atoms with Gasteiger partial charge in [-0.2, -0.15) is 8.78 Å². The molecule has 1 heterocycles. The van der Waals surface area contributed by atoms with Crippen LogP contribution in [0.25, 0.3) is 0 Å². The summed E-state index contributed by atoms with van der Waals surface area (Å²) >= 11 is 0. The molecule has 1 fully saturated rings. The summed E-state index contributed by atoms with van der Waals surface area (Å²) in [6, 6.07) is 4.57. The quantitative estimate of drug-likeness (QED) is 0.273. The number of nitrogens with zero attached hydrogens (tertiary/aromatic N) is 2. The van der Waals surface area contributed by atoms with E-state index in [0.717, 1.165) is 6.42 Å². The van der Waals surface area contributed by atoms with Gasteiger partial charge in [-0.3, -0.25) is 0 Å². The molecule has 1 atom stereocenters. The molecule has 1 unspecified atom stereocenters. The molecule has 172 valence electrons. The van der Waals surface area contributed by atoms with Gasteiger partial charge < -0.3 is 20.1 Å². The average molecular weight is 562 g/mol. The van der Waals surface area contributed by atoms with Crippen molar-refractivity contribution >= 4 is 40.0 Å². The number of methoxy groups -OCH3 is 1. The van der Waals surface area contributed by atoms with Crippen LogP contribution in [0.4, 0.5) is 8.78 Å². The number of hydrogen-bond acceptors (Lipinski definition) is 5. The summed E-state index contributed by atoms with van der Waals surface area (Å²) in [5, 5.41) is 6.28. The third kappa shape index (κ3) is 8.38. The molecule has 0 amide bonds. The van der Waals surface area contributed by atoms with E-state index in [2.05, 4.69) is 20.4 Å². The van der Waals surface area contributed by atoms with E-state index in [1.165, 1.54) is 23.7 Å². The SMILES string of the molecule is CCNC(=NCc1cc(OC)ccc1OC(F)F)NCC1CCN(S(C)(=O)=O)C1.I. The zero-order valence-electron chi connectivity index (χ0n) is 17.2. The second kappa shape index (κ2) is 12.4. The number of halogens is 3. The Bertz CT molecular complexity index is 811. The van der Waals surface area contributed by atoms with Gasteiger partial charge in [-0.15, -0.1) is 24.0 Å². The topological polar surface area (TPSA) is 92.3 Å². The van der Waals surface area contributed by atoms with Crippen LogP contribution in [0.2, 0.25) is 0 Å². The molecule has 1 aromatic carbocycles. The van der Waals surface area contributed by atoms with Gasteiger partial charge in [0.05, 0.1) is 19.9 Å². The monoisotopic (exact) mass is 562 g/mol. The first kappa shape index (κ1) is 26.6. The Hall–Kier alpha value is -1.41. The van der Waals surface area contributed by atoms with E-state index in [0.29, 0.717) is 43.5 Å². The summed E-state index contributed by atoms with van der Waals surface area (Å²) in [6.45, 7) is 1.23. The molecular formula is C18H29F2IN4O4S. The maximum absolute atomic E-state index is 12.7. The van der Waals surface area contributed by atoms with Crippen LogP contribution in [-0.4, -0.2) is 64.8 Å². The van der Waals surface area contributed by atoms with Gasteiger partial charge in [0.2, 0.25) is 10.0 Å². The summed E-state index contributed by atoms with van der Waals surface area (Å²) in [5.41, 5.74) is 0.464. The lowest BCUT2D eigenvalue weighted by Gasteiger charge is -2.16. The molecule has 1 saturated heterocycles. The first-order valence-corrected chi connectivity index (χ1v) is 11.2. The fraction of sp³-hybridized carbons (Fsp3) is 0.611. The van der Waals surface area contributed by atoms with Gasteiger partial charge in [0.15, 0.2) is 5.96 Å². The Morgan fingerprint density at radius 2 is 2.10 bits per heavy atom. The third-order valence-electron chi connectivity index (χ3n) is 4.51. The van der Waals surface area contributed by atoms with Crippen molar-refractivity contribution in [3.63, 3.8) is 0 Å². The third-order valence-corrected chi connectivity index (χ3v) is 5.78. The Morgan fingerprint density at radius 1 is 1.37 bits per heavy atom. The number of ether oxygens (including phenoxy) is 2. The van der Waals surface area contributed by atoms with E-state index in [1.807, 2.05) is 6.92 Å². The molecule has 0 saturated carbocycles. The minimum absolute atomic E-state index is 0. The van der Waals surface area contributed by atoms with Crippen molar-refractivity contribution in [1.29, 1.82) is 0 Å². The second-order valence-electron chi connectivity index (χ2n) is 6.70. The molecule has 30 heavy (non-hydrogen) atoms. The molecular weight excluding hydrogens is 533 g/mol.